The van der Waals surface area contributed by atoms with Gasteiger partial charge in [-0.3, -0.25) is 9.90 Å². The lowest BCUT2D eigenvalue weighted by Gasteiger charge is -1.94. The summed E-state index contributed by atoms with van der Waals surface area (Å²) >= 11 is 0. The van der Waals surface area contributed by atoms with E-state index >= 15 is 0 Å². The molecule has 0 spiro atoms. The van der Waals surface area contributed by atoms with E-state index in [-0.39, 0.29) is 11.7 Å². The summed E-state index contributed by atoms with van der Waals surface area (Å²) in [6.07, 6.45) is 2.73. The number of hydrogen-bond donors (Lipinski definition) is 0. The van der Waals surface area contributed by atoms with Crippen molar-refractivity contribution in [1.29, 1.82) is 0 Å². The largest absolute Gasteiger partial charge is 0.463 e. The van der Waals surface area contributed by atoms with Crippen LogP contribution in [-0.4, -0.2) is 18.9 Å². The van der Waals surface area contributed by atoms with E-state index < -0.39 is 0 Å². The summed E-state index contributed by atoms with van der Waals surface area (Å²) in [6, 6.07) is 5.72. The van der Waals surface area contributed by atoms with Crippen LogP contribution in [0.4, 0.5) is 0 Å². The molecule has 1 rings (SSSR count). The summed E-state index contributed by atoms with van der Waals surface area (Å²) in [5.74, 6) is -0.410. The third kappa shape index (κ3) is 7.79. The summed E-state index contributed by atoms with van der Waals surface area (Å²) in [4.78, 5) is 20.2. The maximum absolute atomic E-state index is 10.4. The Labute approximate surface area is 101 Å². The maximum atomic E-state index is 10.4. The Morgan fingerprint density at radius 2 is 1.94 bits per heavy atom. The Morgan fingerprint density at radius 3 is 2.35 bits per heavy atom. The average molecular weight is 235 g/mol. The predicted octanol–water partition coefficient (Wildman–Crippen LogP) is 2.77. The number of benzene rings is 1. The molecule has 0 bridgehead atoms. The van der Waals surface area contributed by atoms with Gasteiger partial charge in [-0.1, -0.05) is 13.5 Å². The summed E-state index contributed by atoms with van der Waals surface area (Å²) in [5.41, 5.74) is 0.537. The first kappa shape index (κ1) is 14.9. The second-order valence-electron chi connectivity index (χ2n) is 3.06. The second-order valence-corrected chi connectivity index (χ2v) is 3.06. The van der Waals surface area contributed by atoms with Crippen molar-refractivity contribution in [1.82, 2.24) is 0 Å². The molecule has 0 N–H and O–H groups in total. The van der Waals surface area contributed by atoms with Crippen LogP contribution >= 0.6 is 0 Å². The zero-order chi connectivity index (χ0) is 13.1. The number of esters is 1. The fourth-order valence-corrected chi connectivity index (χ4v) is 0.808. The molecule has 0 aliphatic carbocycles. The van der Waals surface area contributed by atoms with Crippen LogP contribution in [0, 0.1) is 0 Å². The lowest BCUT2D eigenvalue weighted by Crippen LogP contribution is -1.99. The highest BCUT2D eigenvalue weighted by Crippen LogP contribution is 2.08. The van der Waals surface area contributed by atoms with E-state index in [1.807, 2.05) is 6.92 Å². The quantitative estimate of drug-likeness (QED) is 0.458. The SMILES string of the molecule is C=CC(=O)OCCC.[O]c1ccc(C=O)cc1. The van der Waals surface area contributed by atoms with Gasteiger partial charge in [0, 0.05) is 11.6 Å². The van der Waals surface area contributed by atoms with Gasteiger partial charge in [-0.25, -0.2) is 4.79 Å². The molecule has 4 heteroatoms. The van der Waals surface area contributed by atoms with Crippen LogP contribution in [0.1, 0.15) is 23.7 Å². The van der Waals surface area contributed by atoms with Gasteiger partial charge in [-0.2, -0.15) is 0 Å². The molecule has 91 valence electrons. The Bertz CT molecular complexity index is 354. The fourth-order valence-electron chi connectivity index (χ4n) is 0.808. The normalized spacial score (nSPS) is 8.53. The van der Waals surface area contributed by atoms with Gasteiger partial charge in [-0.15, -0.1) is 0 Å². The molecule has 1 aromatic rings. The molecule has 0 unspecified atom stereocenters. The Kier molecular flexibility index (Phi) is 8.02. The molecule has 17 heavy (non-hydrogen) atoms. The summed E-state index contributed by atoms with van der Waals surface area (Å²) < 4.78 is 4.58. The van der Waals surface area contributed by atoms with Crippen molar-refractivity contribution in [3.8, 4) is 5.75 Å². The Morgan fingerprint density at radius 1 is 1.35 bits per heavy atom. The zero-order valence-electron chi connectivity index (χ0n) is 9.72. The average Bonchev–Trinajstić information content (AvgIpc) is 2.37. The van der Waals surface area contributed by atoms with Gasteiger partial charge in [0.2, 0.25) is 0 Å². The first-order valence-electron chi connectivity index (χ1n) is 5.15. The monoisotopic (exact) mass is 235 g/mol. The number of hydrogen-bond acceptors (Lipinski definition) is 3. The number of carbonyl (C=O) groups is 2. The third-order valence-corrected chi connectivity index (χ3v) is 1.63. The van der Waals surface area contributed by atoms with E-state index in [0.29, 0.717) is 18.5 Å². The van der Waals surface area contributed by atoms with Crippen molar-refractivity contribution in [2.75, 3.05) is 6.61 Å². The van der Waals surface area contributed by atoms with Gasteiger partial charge in [0.05, 0.1) is 6.61 Å². The molecule has 0 aromatic heterocycles. The molecule has 0 aliphatic rings. The minimum absolute atomic E-state index is 0.0689. The first-order chi connectivity index (χ1) is 8.13. The van der Waals surface area contributed by atoms with Gasteiger partial charge in [0.25, 0.3) is 0 Å². The van der Waals surface area contributed by atoms with Gasteiger partial charge in [-0.05, 0) is 30.7 Å². The topological polar surface area (TPSA) is 63.3 Å². The highest BCUT2D eigenvalue weighted by atomic mass is 16.5. The zero-order valence-corrected chi connectivity index (χ0v) is 9.72. The lowest BCUT2D eigenvalue weighted by molar-refractivity contribution is -0.137. The molecule has 0 amide bonds. The van der Waals surface area contributed by atoms with Crippen molar-refractivity contribution in [2.24, 2.45) is 0 Å². The van der Waals surface area contributed by atoms with E-state index in [4.69, 9.17) is 0 Å². The van der Waals surface area contributed by atoms with Crippen LogP contribution in [-0.2, 0) is 14.6 Å². The van der Waals surface area contributed by atoms with E-state index in [1.54, 1.807) is 0 Å². The summed E-state index contributed by atoms with van der Waals surface area (Å²) in [6.45, 7) is 5.67. The standard InChI is InChI=1S/C7H5O2.C6H10O2/c8-5-6-1-3-7(9)4-2-6;1-3-5-8-6(7)4-2/h1-5H;4H,2-3,5H2,1H3. The first-order valence-corrected chi connectivity index (χ1v) is 5.15. The lowest BCUT2D eigenvalue weighted by atomic mass is 10.2. The summed E-state index contributed by atoms with van der Waals surface area (Å²) in [7, 11) is 0. The van der Waals surface area contributed by atoms with Crippen molar-refractivity contribution in [3.05, 3.63) is 42.5 Å². The van der Waals surface area contributed by atoms with Crippen molar-refractivity contribution < 1.29 is 19.4 Å². The van der Waals surface area contributed by atoms with E-state index in [2.05, 4.69) is 11.3 Å². The molecule has 4 nitrogen and oxygen atoms in total. The number of carbonyl (C=O) groups excluding carboxylic acids is 2. The van der Waals surface area contributed by atoms with E-state index in [0.717, 1.165) is 12.5 Å². The van der Waals surface area contributed by atoms with Crippen LogP contribution in [0.3, 0.4) is 0 Å². The van der Waals surface area contributed by atoms with Crippen molar-refractivity contribution in [2.45, 2.75) is 13.3 Å². The molecular formula is C13H15O4. The van der Waals surface area contributed by atoms with E-state index in [1.165, 1.54) is 24.3 Å². The molecule has 1 aromatic carbocycles. The minimum atomic E-state index is -0.341. The fraction of sp³-hybridized carbons (Fsp3) is 0.231. The predicted molar refractivity (Wildman–Crippen MR) is 63.4 cm³/mol. The van der Waals surface area contributed by atoms with Gasteiger partial charge >= 0.3 is 5.97 Å². The third-order valence-electron chi connectivity index (χ3n) is 1.63. The van der Waals surface area contributed by atoms with Gasteiger partial charge in [0.1, 0.15) is 6.29 Å². The molecule has 0 atom stereocenters. The van der Waals surface area contributed by atoms with Crippen LogP contribution in [0.5, 0.6) is 5.75 Å². The van der Waals surface area contributed by atoms with E-state index in [9.17, 15) is 14.7 Å². The maximum Gasteiger partial charge on any atom is 0.330 e. The second kappa shape index (κ2) is 9.15. The highest BCUT2D eigenvalue weighted by molar-refractivity contribution is 5.81. The molecule has 0 saturated heterocycles. The minimum Gasteiger partial charge on any atom is -0.463 e. The summed E-state index contributed by atoms with van der Waals surface area (Å²) in [5, 5.41) is 10.4. The molecule has 0 aliphatic heterocycles. The molecule has 0 heterocycles. The molecule has 0 fully saturated rings. The molecular weight excluding hydrogens is 220 g/mol. The van der Waals surface area contributed by atoms with Gasteiger partial charge in [0.15, 0.2) is 5.75 Å². The Balaban J connectivity index is 0.000000304. The molecule has 1 radical (unpaired) electrons. The number of rotatable bonds is 4. The van der Waals surface area contributed by atoms with Gasteiger partial charge < -0.3 is 4.74 Å². The molecule has 0 saturated carbocycles. The number of ether oxygens (including phenoxy) is 1. The van der Waals surface area contributed by atoms with Crippen molar-refractivity contribution in [3.63, 3.8) is 0 Å². The smallest absolute Gasteiger partial charge is 0.330 e. The van der Waals surface area contributed by atoms with Crippen molar-refractivity contribution >= 4 is 12.3 Å². The van der Waals surface area contributed by atoms with Crippen LogP contribution in [0.15, 0.2) is 36.9 Å². The van der Waals surface area contributed by atoms with Crippen LogP contribution in [0.25, 0.3) is 0 Å². The number of aldehydes is 1. The highest BCUT2D eigenvalue weighted by Gasteiger charge is 1.89. The Hall–Kier alpha value is -2.10. The van der Waals surface area contributed by atoms with Crippen LogP contribution in [0.2, 0.25) is 0 Å². The van der Waals surface area contributed by atoms with Crippen LogP contribution < -0.4 is 0 Å².